The number of likely N-dealkylation sites (N-methyl/N-ethyl adjacent to an activating group) is 1. The van der Waals surface area contributed by atoms with E-state index < -0.39 is 0 Å². The van der Waals surface area contributed by atoms with E-state index >= 15 is 0 Å². The fourth-order valence-corrected chi connectivity index (χ4v) is 4.18. The first-order valence-electron chi connectivity index (χ1n) is 7.55. The second-order valence-corrected chi connectivity index (χ2v) is 7.22. The van der Waals surface area contributed by atoms with Crippen LogP contribution in [0.15, 0.2) is 5.38 Å². The second kappa shape index (κ2) is 8.48. The number of aryl methyl sites for hydroxylation is 1. The fourth-order valence-electron chi connectivity index (χ4n) is 3.58. The number of hydrogen-bond donors (Lipinski definition) is 1. The van der Waals surface area contributed by atoms with Crippen LogP contribution in [0.5, 0.6) is 0 Å². The summed E-state index contributed by atoms with van der Waals surface area (Å²) in [7, 11) is 1.89. The number of carbonyl (C=O) groups excluding carboxylic acids is 1. The zero-order valence-electron chi connectivity index (χ0n) is 13.1. The Morgan fingerprint density at radius 3 is 2.77 bits per heavy atom. The lowest BCUT2D eigenvalue weighted by Gasteiger charge is -2.24. The van der Waals surface area contributed by atoms with E-state index in [1.807, 2.05) is 24.3 Å². The predicted octanol–water partition coefficient (Wildman–Crippen LogP) is 3.17. The number of rotatable bonds is 3. The summed E-state index contributed by atoms with van der Waals surface area (Å²) in [5.41, 5.74) is 0.999. The lowest BCUT2D eigenvalue weighted by Crippen LogP contribution is -2.43. The van der Waals surface area contributed by atoms with Crippen LogP contribution < -0.4 is 5.32 Å². The van der Waals surface area contributed by atoms with Crippen molar-refractivity contribution in [1.29, 1.82) is 0 Å². The molecule has 1 saturated heterocycles. The van der Waals surface area contributed by atoms with Crippen molar-refractivity contribution in [3.63, 3.8) is 0 Å². The van der Waals surface area contributed by atoms with Gasteiger partial charge in [-0.3, -0.25) is 4.79 Å². The molecule has 0 aromatic carbocycles. The number of carbonyl (C=O) groups is 1. The minimum Gasteiger partial charge on any atom is -0.338 e. The van der Waals surface area contributed by atoms with Gasteiger partial charge in [0.05, 0.1) is 23.3 Å². The van der Waals surface area contributed by atoms with Crippen LogP contribution in [-0.4, -0.2) is 34.9 Å². The summed E-state index contributed by atoms with van der Waals surface area (Å²) < 4.78 is 0. The van der Waals surface area contributed by atoms with E-state index in [4.69, 9.17) is 0 Å². The largest absolute Gasteiger partial charge is 0.338 e. The van der Waals surface area contributed by atoms with E-state index in [9.17, 15) is 4.79 Å². The van der Waals surface area contributed by atoms with E-state index in [0.717, 1.165) is 17.1 Å². The maximum absolute atomic E-state index is 12.5. The van der Waals surface area contributed by atoms with Gasteiger partial charge in [0.1, 0.15) is 0 Å². The molecular weight excluding hydrogens is 341 g/mol. The predicted molar refractivity (Wildman–Crippen MR) is 95.1 cm³/mol. The zero-order chi connectivity index (χ0) is 14.1. The van der Waals surface area contributed by atoms with E-state index in [1.54, 1.807) is 11.3 Å². The van der Waals surface area contributed by atoms with Crippen LogP contribution in [0.3, 0.4) is 0 Å². The average Bonchev–Trinajstić information content (AvgIpc) is 3.03. The molecule has 3 atom stereocenters. The van der Waals surface area contributed by atoms with Gasteiger partial charge < -0.3 is 10.2 Å². The lowest BCUT2D eigenvalue weighted by atomic mass is 9.85. The van der Waals surface area contributed by atoms with E-state index in [-0.39, 0.29) is 36.8 Å². The molecule has 1 aromatic heterocycles. The zero-order valence-corrected chi connectivity index (χ0v) is 15.5. The number of thiazole rings is 1. The summed E-state index contributed by atoms with van der Waals surface area (Å²) in [4.78, 5) is 18.8. The van der Waals surface area contributed by atoms with Crippen LogP contribution in [-0.2, 0) is 11.3 Å². The van der Waals surface area contributed by atoms with Gasteiger partial charge in [0.15, 0.2) is 0 Å². The summed E-state index contributed by atoms with van der Waals surface area (Å²) in [6.45, 7) is 2.62. The normalized spacial score (nSPS) is 26.5. The maximum atomic E-state index is 12.5. The molecule has 126 valence electrons. The van der Waals surface area contributed by atoms with Crippen LogP contribution in [0.25, 0.3) is 0 Å². The molecule has 0 radical (unpaired) electrons. The van der Waals surface area contributed by atoms with E-state index in [2.05, 4.69) is 10.3 Å². The number of fused-ring (bicyclic) bond motifs is 1. The Balaban J connectivity index is 0.00000121. The molecule has 3 unspecified atom stereocenters. The standard InChI is InChI=1S/C15H23N3OS.2ClH/c1-10-16-12(9-20-10)8-18(2)15(19)14-7-11-5-3-4-6-13(11)17-14;;/h9,11,13-14,17H,3-8H2,1-2H3;2*1H. The molecule has 1 aliphatic carbocycles. The first-order chi connectivity index (χ1) is 9.63. The molecular formula is C15H25Cl2N3OS. The quantitative estimate of drug-likeness (QED) is 0.894. The van der Waals surface area contributed by atoms with Gasteiger partial charge in [0, 0.05) is 18.5 Å². The number of nitrogens with one attached hydrogen (secondary N) is 1. The summed E-state index contributed by atoms with van der Waals surface area (Å²) in [6, 6.07) is 0.598. The van der Waals surface area contributed by atoms with Gasteiger partial charge in [-0.2, -0.15) is 0 Å². The highest BCUT2D eigenvalue weighted by molar-refractivity contribution is 7.09. The molecule has 2 fully saturated rings. The highest BCUT2D eigenvalue weighted by Gasteiger charge is 2.39. The number of hydrogen-bond acceptors (Lipinski definition) is 4. The van der Waals surface area contributed by atoms with Crippen LogP contribution in [0.4, 0.5) is 0 Å². The lowest BCUT2D eigenvalue weighted by molar-refractivity contribution is -0.132. The topological polar surface area (TPSA) is 45.2 Å². The van der Waals surface area contributed by atoms with Crippen molar-refractivity contribution in [3.05, 3.63) is 16.1 Å². The SMILES string of the molecule is Cc1nc(CN(C)C(=O)C2CC3CCCCC3N2)cs1.Cl.Cl. The molecule has 2 heterocycles. The molecule has 1 aromatic rings. The Hall–Kier alpha value is -0.360. The van der Waals surface area contributed by atoms with Gasteiger partial charge in [-0.15, -0.1) is 36.2 Å². The highest BCUT2D eigenvalue weighted by Crippen LogP contribution is 2.33. The van der Waals surface area contributed by atoms with Crippen molar-refractivity contribution in [2.45, 2.75) is 57.7 Å². The summed E-state index contributed by atoms with van der Waals surface area (Å²) >= 11 is 1.64. The first-order valence-corrected chi connectivity index (χ1v) is 8.43. The molecule has 22 heavy (non-hydrogen) atoms. The van der Waals surface area contributed by atoms with Gasteiger partial charge in [0.25, 0.3) is 0 Å². The van der Waals surface area contributed by atoms with Gasteiger partial charge in [-0.25, -0.2) is 4.98 Å². The van der Waals surface area contributed by atoms with E-state index in [1.165, 1.54) is 25.7 Å². The Bertz CT molecular complexity index is 483. The molecule has 1 saturated carbocycles. The molecule has 1 aliphatic heterocycles. The molecule has 0 spiro atoms. The molecule has 0 bridgehead atoms. The second-order valence-electron chi connectivity index (χ2n) is 6.16. The van der Waals surface area contributed by atoms with Crippen molar-refractivity contribution < 1.29 is 4.79 Å². The minimum atomic E-state index is 0. The van der Waals surface area contributed by atoms with Gasteiger partial charge in [-0.1, -0.05) is 12.8 Å². The van der Waals surface area contributed by atoms with Gasteiger partial charge >= 0.3 is 0 Å². The summed E-state index contributed by atoms with van der Waals surface area (Å²) in [6.07, 6.45) is 6.19. The molecule has 4 nitrogen and oxygen atoms in total. The average molecular weight is 366 g/mol. The van der Waals surface area contributed by atoms with Crippen molar-refractivity contribution in [2.24, 2.45) is 5.92 Å². The van der Waals surface area contributed by atoms with Crippen LogP contribution in [0.2, 0.25) is 0 Å². The smallest absolute Gasteiger partial charge is 0.239 e. The van der Waals surface area contributed by atoms with E-state index in [0.29, 0.717) is 18.5 Å². The Kier molecular flexibility index (Phi) is 7.59. The number of amides is 1. The van der Waals surface area contributed by atoms with Crippen molar-refractivity contribution in [3.8, 4) is 0 Å². The van der Waals surface area contributed by atoms with Crippen LogP contribution in [0, 0.1) is 12.8 Å². The minimum absolute atomic E-state index is 0. The third-order valence-electron chi connectivity index (χ3n) is 4.60. The number of nitrogens with zero attached hydrogens (tertiary/aromatic N) is 2. The fraction of sp³-hybridized carbons (Fsp3) is 0.733. The third-order valence-corrected chi connectivity index (χ3v) is 5.43. The number of halogens is 2. The Morgan fingerprint density at radius 2 is 2.14 bits per heavy atom. The van der Waals surface area contributed by atoms with Crippen molar-refractivity contribution in [2.75, 3.05) is 7.05 Å². The molecule has 2 aliphatic rings. The summed E-state index contributed by atoms with van der Waals surface area (Å²) in [5, 5.41) is 6.66. The van der Waals surface area contributed by atoms with Crippen LogP contribution >= 0.6 is 36.2 Å². The first kappa shape index (κ1) is 19.7. The summed E-state index contributed by atoms with van der Waals surface area (Å²) in [5.74, 6) is 0.942. The number of aromatic nitrogens is 1. The Morgan fingerprint density at radius 1 is 1.41 bits per heavy atom. The Labute approximate surface area is 148 Å². The van der Waals surface area contributed by atoms with Crippen LogP contribution in [0.1, 0.15) is 42.8 Å². The molecule has 3 rings (SSSR count). The molecule has 1 N–H and O–H groups in total. The molecule has 1 amide bonds. The molecule has 7 heteroatoms. The van der Waals surface area contributed by atoms with Gasteiger partial charge in [0.2, 0.25) is 5.91 Å². The monoisotopic (exact) mass is 365 g/mol. The van der Waals surface area contributed by atoms with Gasteiger partial charge in [-0.05, 0) is 32.1 Å². The van der Waals surface area contributed by atoms with Crippen molar-refractivity contribution in [1.82, 2.24) is 15.2 Å². The van der Waals surface area contributed by atoms with Crippen molar-refractivity contribution >= 4 is 42.1 Å². The maximum Gasteiger partial charge on any atom is 0.239 e. The third kappa shape index (κ3) is 4.34. The highest BCUT2D eigenvalue weighted by atomic mass is 35.5.